The van der Waals surface area contributed by atoms with Crippen molar-refractivity contribution in [1.29, 1.82) is 0 Å². The Bertz CT molecular complexity index is 1000. The molecule has 2 rings (SSSR count). The second-order valence-electron chi connectivity index (χ2n) is 5.55. The van der Waals surface area contributed by atoms with Crippen LogP contribution in [0, 0.1) is 10.6 Å². The Hall–Kier alpha value is -0.710. The highest BCUT2D eigenvalue weighted by Crippen LogP contribution is 2.66. The zero-order valence-electron chi connectivity index (χ0n) is 14.2. The van der Waals surface area contributed by atoms with Crippen LogP contribution in [0.4, 0.5) is 14.6 Å². The normalized spacial score (nSPS) is 28.8. The van der Waals surface area contributed by atoms with Gasteiger partial charge in [-0.1, -0.05) is 0 Å². The molecule has 2 unspecified atom stereocenters. The molecule has 0 saturated carbocycles. The van der Waals surface area contributed by atoms with E-state index in [-0.39, 0.29) is 0 Å². The maximum atomic E-state index is 14.3. The molecule has 172 valence electrons. The Morgan fingerprint density at radius 1 is 1.23 bits per heavy atom. The molecule has 1 aliphatic rings. The molecule has 2 heterocycles. The highest BCUT2D eigenvalue weighted by molar-refractivity contribution is 7.71. The van der Waals surface area contributed by atoms with Crippen LogP contribution in [0.2, 0.25) is 0 Å². The standard InChI is InChI=1S/C9H14F2N3O12P3S/c10-3-1-14(9(30)13-7(3)12)8-6(15)5(11)4(24-8)2-23-28(19,20)26-29(21,22)25-27(16,17)18/h1,4-6,8,15H,2H2,(H,19,20)(H,21,22)(H2,12,13,30)(H2,16,17,18)/t4-,5+,6+,8-/m1/s1. The predicted molar refractivity (Wildman–Crippen MR) is 92.1 cm³/mol. The molecule has 0 aliphatic carbocycles. The average Bonchev–Trinajstić information content (AvgIpc) is 2.81. The predicted octanol–water partition coefficient (Wildman–Crippen LogP) is 0.274. The molecule has 0 radical (unpaired) electrons. The number of aliphatic hydroxyl groups is 1. The number of ether oxygens (including phenoxy) is 1. The van der Waals surface area contributed by atoms with E-state index >= 15 is 0 Å². The van der Waals surface area contributed by atoms with Crippen molar-refractivity contribution in [3.63, 3.8) is 0 Å². The summed E-state index contributed by atoms with van der Waals surface area (Å²) in [6.45, 7) is -1.17. The van der Waals surface area contributed by atoms with Crippen molar-refractivity contribution in [3.8, 4) is 0 Å². The lowest BCUT2D eigenvalue weighted by molar-refractivity contribution is -0.0524. The van der Waals surface area contributed by atoms with Gasteiger partial charge in [0.05, 0.1) is 6.61 Å². The van der Waals surface area contributed by atoms with Crippen LogP contribution in [0.3, 0.4) is 0 Å². The van der Waals surface area contributed by atoms with Gasteiger partial charge in [0.1, 0.15) is 12.2 Å². The topological polar surface area (TPSA) is 233 Å². The van der Waals surface area contributed by atoms with Gasteiger partial charge in [-0.05, 0) is 12.2 Å². The fraction of sp³-hybridized carbons (Fsp3) is 0.556. The van der Waals surface area contributed by atoms with Crippen LogP contribution in [0.1, 0.15) is 6.23 Å². The van der Waals surface area contributed by atoms with E-state index < -0.39 is 71.1 Å². The minimum absolute atomic E-state index is 0.390. The zero-order valence-corrected chi connectivity index (χ0v) is 17.7. The Balaban J connectivity index is 2.09. The molecule has 1 fully saturated rings. The number of aromatic nitrogens is 2. The third kappa shape index (κ3) is 6.64. The maximum Gasteiger partial charge on any atom is 0.490 e. The van der Waals surface area contributed by atoms with Crippen molar-refractivity contribution in [3.05, 3.63) is 16.8 Å². The first kappa shape index (κ1) is 25.5. The first-order valence-corrected chi connectivity index (χ1v) is 12.2. The average molecular weight is 519 g/mol. The molecular formula is C9H14F2N3O12P3S. The number of rotatable bonds is 8. The summed E-state index contributed by atoms with van der Waals surface area (Å²) < 4.78 is 77.9. The van der Waals surface area contributed by atoms with Crippen LogP contribution in [0.15, 0.2) is 6.20 Å². The van der Waals surface area contributed by atoms with E-state index in [4.69, 9.17) is 37.4 Å². The molecule has 30 heavy (non-hydrogen) atoms. The molecule has 1 aromatic rings. The van der Waals surface area contributed by atoms with Crippen molar-refractivity contribution in [1.82, 2.24) is 9.55 Å². The minimum Gasteiger partial charge on any atom is -0.385 e. The van der Waals surface area contributed by atoms with Crippen molar-refractivity contribution in [2.45, 2.75) is 24.6 Å². The van der Waals surface area contributed by atoms with E-state index in [9.17, 15) is 32.5 Å². The lowest BCUT2D eigenvalue weighted by Crippen LogP contribution is -2.30. The van der Waals surface area contributed by atoms with Gasteiger partial charge in [0.25, 0.3) is 0 Å². The Morgan fingerprint density at radius 2 is 1.83 bits per heavy atom. The van der Waals surface area contributed by atoms with Crippen LogP contribution in [-0.2, 0) is 31.6 Å². The number of anilines is 1. The summed E-state index contributed by atoms with van der Waals surface area (Å²) >= 11 is 4.81. The molecular weight excluding hydrogens is 505 g/mol. The van der Waals surface area contributed by atoms with Gasteiger partial charge in [-0.3, -0.25) is 9.09 Å². The summed E-state index contributed by atoms with van der Waals surface area (Å²) in [7, 11) is -16.9. The largest absolute Gasteiger partial charge is 0.490 e. The van der Waals surface area contributed by atoms with E-state index in [2.05, 4.69) is 18.1 Å². The fourth-order valence-electron chi connectivity index (χ4n) is 2.18. The highest BCUT2D eigenvalue weighted by atomic mass is 32.1. The highest BCUT2D eigenvalue weighted by Gasteiger charge is 2.47. The van der Waals surface area contributed by atoms with Crippen LogP contribution in [0.25, 0.3) is 0 Å². The first-order chi connectivity index (χ1) is 13.5. The molecule has 1 aromatic heterocycles. The SMILES string of the molecule is Nc1nc(=S)n([C@@H]2O[C@H](COP(=O)(O)OP(=O)(O)OP(=O)(O)O)[C@H](F)[C@@H]2O)cc1F. The quantitative estimate of drug-likeness (QED) is 0.200. The molecule has 1 aliphatic heterocycles. The number of aliphatic hydroxyl groups excluding tert-OH is 1. The number of phosphoric acid groups is 3. The Morgan fingerprint density at radius 3 is 2.40 bits per heavy atom. The molecule has 0 amide bonds. The fourth-order valence-corrected chi connectivity index (χ4v) is 5.47. The number of hydrogen-bond acceptors (Lipinski definition) is 11. The number of nitrogen functional groups attached to an aromatic ring is 1. The second kappa shape index (κ2) is 9.03. The summed E-state index contributed by atoms with van der Waals surface area (Å²) in [5, 5.41) is 9.95. The van der Waals surface area contributed by atoms with Crippen molar-refractivity contribution in [2.24, 2.45) is 0 Å². The molecule has 7 N–H and O–H groups in total. The zero-order chi connectivity index (χ0) is 23.1. The number of halogens is 2. The molecule has 1 saturated heterocycles. The summed E-state index contributed by atoms with van der Waals surface area (Å²) in [5.74, 6) is -1.63. The van der Waals surface area contributed by atoms with Crippen LogP contribution in [-0.4, -0.2) is 59.2 Å². The Labute approximate surface area is 170 Å². The van der Waals surface area contributed by atoms with Gasteiger partial charge < -0.3 is 35.2 Å². The summed E-state index contributed by atoms with van der Waals surface area (Å²) in [6, 6.07) is 0. The van der Waals surface area contributed by atoms with Crippen LogP contribution in [0.5, 0.6) is 0 Å². The lowest BCUT2D eigenvalue weighted by atomic mass is 10.1. The molecule has 0 bridgehead atoms. The molecule has 0 aromatic carbocycles. The Kier molecular flexibility index (Phi) is 7.69. The summed E-state index contributed by atoms with van der Waals surface area (Å²) in [6.07, 6.45) is -7.03. The van der Waals surface area contributed by atoms with E-state index in [1.165, 1.54) is 0 Å². The number of phosphoric ester groups is 1. The molecule has 6 atom stereocenters. The van der Waals surface area contributed by atoms with Crippen molar-refractivity contribution in [2.75, 3.05) is 12.3 Å². The van der Waals surface area contributed by atoms with Crippen LogP contribution < -0.4 is 5.73 Å². The third-order valence-corrected chi connectivity index (χ3v) is 7.42. The second-order valence-corrected chi connectivity index (χ2v) is 10.3. The molecule has 21 heteroatoms. The van der Waals surface area contributed by atoms with Gasteiger partial charge in [0.2, 0.25) is 4.77 Å². The van der Waals surface area contributed by atoms with Gasteiger partial charge in [-0.2, -0.15) is 13.6 Å². The number of nitrogens with two attached hydrogens (primary N) is 1. The molecule has 15 nitrogen and oxygen atoms in total. The van der Waals surface area contributed by atoms with Crippen molar-refractivity contribution < 1.29 is 65.0 Å². The van der Waals surface area contributed by atoms with E-state index in [0.29, 0.717) is 6.20 Å². The first-order valence-electron chi connectivity index (χ1n) is 7.31. The van der Waals surface area contributed by atoms with Gasteiger partial charge in [0, 0.05) is 6.20 Å². The number of hydrogen-bond donors (Lipinski definition) is 6. The molecule has 0 spiro atoms. The minimum atomic E-state index is -5.77. The van der Waals surface area contributed by atoms with Crippen LogP contribution >= 0.6 is 35.7 Å². The van der Waals surface area contributed by atoms with Gasteiger partial charge in [-0.15, -0.1) is 0 Å². The monoisotopic (exact) mass is 519 g/mol. The van der Waals surface area contributed by atoms with Gasteiger partial charge >= 0.3 is 23.5 Å². The third-order valence-electron chi connectivity index (χ3n) is 3.31. The van der Waals surface area contributed by atoms with E-state index in [1.54, 1.807) is 0 Å². The van der Waals surface area contributed by atoms with Crippen molar-refractivity contribution >= 4 is 41.5 Å². The van der Waals surface area contributed by atoms with E-state index in [1.807, 2.05) is 0 Å². The summed E-state index contributed by atoms with van der Waals surface area (Å²) in [5.41, 5.74) is 5.22. The van der Waals surface area contributed by atoms with E-state index in [0.717, 1.165) is 4.57 Å². The number of alkyl halides is 1. The smallest absolute Gasteiger partial charge is 0.385 e. The van der Waals surface area contributed by atoms with Gasteiger partial charge in [-0.25, -0.2) is 22.5 Å². The maximum absolute atomic E-state index is 14.3. The van der Waals surface area contributed by atoms with Gasteiger partial charge in [0.15, 0.2) is 24.0 Å². The summed E-state index contributed by atoms with van der Waals surface area (Å²) in [4.78, 5) is 38.7. The lowest BCUT2D eigenvalue weighted by Gasteiger charge is -2.19. The number of nitrogens with zero attached hydrogens (tertiary/aromatic N) is 2.